The number of carbonyl (C=O) groups is 3. The van der Waals surface area contributed by atoms with E-state index in [1.165, 1.54) is 7.11 Å². The highest BCUT2D eigenvalue weighted by atomic mass is 35.5. The Morgan fingerprint density at radius 3 is 2.56 bits per heavy atom. The maximum atomic E-state index is 13.3. The van der Waals surface area contributed by atoms with Crippen molar-refractivity contribution in [2.24, 2.45) is 0 Å². The number of rotatable bonds is 13. The first kappa shape index (κ1) is 38.6. The molecule has 6 rings (SSSR count). The second kappa shape index (κ2) is 16.9. The van der Waals surface area contributed by atoms with E-state index in [4.69, 9.17) is 30.8 Å². The Balaban J connectivity index is 1.18. The van der Waals surface area contributed by atoms with Gasteiger partial charge in [-0.1, -0.05) is 29.8 Å². The number of hydrogen-bond acceptors (Lipinski definition) is 10. The second-order valence-corrected chi connectivity index (χ2v) is 14.8. The molecule has 0 bridgehead atoms. The molecule has 3 aromatic heterocycles. The molecule has 2 fully saturated rings. The van der Waals surface area contributed by atoms with E-state index >= 15 is 0 Å². The number of halogens is 1. The number of aromatic nitrogens is 3. The van der Waals surface area contributed by atoms with E-state index in [-0.39, 0.29) is 37.0 Å². The Kier molecular flexibility index (Phi) is 12.1. The summed E-state index contributed by atoms with van der Waals surface area (Å²) in [5.41, 5.74) is 5.02. The van der Waals surface area contributed by atoms with Crippen LogP contribution >= 0.6 is 11.6 Å². The van der Waals surface area contributed by atoms with Crippen molar-refractivity contribution in [3.05, 3.63) is 88.3 Å². The van der Waals surface area contributed by atoms with E-state index in [0.29, 0.717) is 64.2 Å². The van der Waals surface area contributed by atoms with Gasteiger partial charge in [-0.15, -0.1) is 0 Å². The standard InChI is InChI=1S/C40H46ClN7O6/c1-24-29(7-6-8-31(24)46-37(50)33-12-9-25(20-44-33)19-42-21-28-16-18-53-28)36-35(41)30(15-17-43-36)32-13-10-26(38(47-32)52-5)22-48(39(51)54-40(2,3)4)23-27-11-14-34(49)45-27/h6-10,12-13,15,17,20,27-28,42H,11,14,16,18-19,21-23H2,1-5H3,(H,45,49)(H,46,50)/t27-,28?/m0/s1. The Hall–Kier alpha value is -5.11. The van der Waals surface area contributed by atoms with Crippen LogP contribution in [0.15, 0.2) is 60.9 Å². The van der Waals surface area contributed by atoms with Crippen LogP contribution < -0.4 is 20.7 Å². The summed E-state index contributed by atoms with van der Waals surface area (Å²) in [5, 5.41) is 9.64. The van der Waals surface area contributed by atoms with E-state index in [0.717, 1.165) is 36.3 Å². The third kappa shape index (κ3) is 9.51. The molecule has 3 amide bonds. The van der Waals surface area contributed by atoms with Gasteiger partial charge in [0, 0.05) is 73.5 Å². The zero-order valence-electron chi connectivity index (χ0n) is 31.2. The molecule has 13 nitrogen and oxygen atoms in total. The summed E-state index contributed by atoms with van der Waals surface area (Å²) >= 11 is 7.06. The molecule has 1 unspecified atom stereocenters. The molecule has 5 heterocycles. The van der Waals surface area contributed by atoms with Gasteiger partial charge in [0.25, 0.3) is 5.91 Å². The number of pyridine rings is 3. The molecule has 54 heavy (non-hydrogen) atoms. The first-order valence-corrected chi connectivity index (χ1v) is 18.4. The van der Waals surface area contributed by atoms with E-state index in [1.54, 1.807) is 29.4 Å². The van der Waals surface area contributed by atoms with Gasteiger partial charge in [-0.05, 0) is 82.0 Å². The van der Waals surface area contributed by atoms with Crippen LogP contribution in [0.2, 0.25) is 5.02 Å². The molecule has 284 valence electrons. The lowest BCUT2D eigenvalue weighted by Crippen LogP contribution is -2.43. The van der Waals surface area contributed by atoms with E-state index in [9.17, 15) is 14.4 Å². The molecule has 2 aliphatic heterocycles. The molecule has 4 aromatic rings. The molecular formula is C40H46ClN7O6. The van der Waals surface area contributed by atoms with Crippen molar-refractivity contribution in [2.45, 2.75) is 77.8 Å². The third-order valence-corrected chi connectivity index (χ3v) is 9.61. The van der Waals surface area contributed by atoms with Gasteiger partial charge in [0.15, 0.2) is 0 Å². The van der Waals surface area contributed by atoms with E-state index < -0.39 is 11.7 Å². The number of anilines is 1. The van der Waals surface area contributed by atoms with Crippen LogP contribution in [0.5, 0.6) is 5.88 Å². The molecule has 0 aliphatic carbocycles. The van der Waals surface area contributed by atoms with E-state index in [2.05, 4.69) is 25.9 Å². The maximum absolute atomic E-state index is 13.3. The van der Waals surface area contributed by atoms with Crippen molar-refractivity contribution in [1.29, 1.82) is 0 Å². The molecule has 2 aliphatic rings. The molecule has 0 saturated carbocycles. The van der Waals surface area contributed by atoms with Crippen molar-refractivity contribution in [3.8, 4) is 28.4 Å². The van der Waals surface area contributed by atoms with Crippen LogP contribution in [0.25, 0.3) is 22.5 Å². The second-order valence-electron chi connectivity index (χ2n) is 14.4. The molecule has 1 aromatic carbocycles. The molecule has 3 N–H and O–H groups in total. The predicted octanol–water partition coefficient (Wildman–Crippen LogP) is 6.32. The lowest BCUT2D eigenvalue weighted by molar-refractivity contribution is -0.119. The summed E-state index contributed by atoms with van der Waals surface area (Å²) in [6.45, 7) is 10.0. The monoisotopic (exact) mass is 755 g/mol. The van der Waals surface area contributed by atoms with Gasteiger partial charge in [0.05, 0.1) is 36.2 Å². The van der Waals surface area contributed by atoms with Crippen LogP contribution in [-0.4, -0.2) is 82.3 Å². The molecule has 0 radical (unpaired) electrons. The van der Waals surface area contributed by atoms with Gasteiger partial charge >= 0.3 is 6.09 Å². The van der Waals surface area contributed by atoms with Gasteiger partial charge in [-0.2, -0.15) is 0 Å². The first-order chi connectivity index (χ1) is 25.9. The van der Waals surface area contributed by atoms with Crippen LogP contribution in [0, 0.1) is 6.92 Å². The highest BCUT2D eigenvalue weighted by Gasteiger charge is 2.29. The molecule has 2 saturated heterocycles. The summed E-state index contributed by atoms with van der Waals surface area (Å²) in [6, 6.07) is 14.4. The van der Waals surface area contributed by atoms with Crippen molar-refractivity contribution in [1.82, 2.24) is 30.5 Å². The van der Waals surface area contributed by atoms with Gasteiger partial charge < -0.3 is 35.1 Å². The number of hydrogen-bond donors (Lipinski definition) is 3. The minimum absolute atomic E-state index is 0.0365. The van der Waals surface area contributed by atoms with Crippen molar-refractivity contribution in [3.63, 3.8) is 0 Å². The predicted molar refractivity (Wildman–Crippen MR) is 205 cm³/mol. The summed E-state index contributed by atoms with van der Waals surface area (Å²) in [6.07, 6.45) is 5.25. The van der Waals surface area contributed by atoms with Crippen molar-refractivity contribution >= 4 is 35.2 Å². The molecule has 2 atom stereocenters. The van der Waals surface area contributed by atoms with Gasteiger partial charge in [0.1, 0.15) is 11.3 Å². The summed E-state index contributed by atoms with van der Waals surface area (Å²) in [7, 11) is 1.52. The topological polar surface area (TPSA) is 157 Å². The van der Waals surface area contributed by atoms with Gasteiger partial charge in [0.2, 0.25) is 11.8 Å². The average molecular weight is 756 g/mol. The minimum Gasteiger partial charge on any atom is -0.481 e. The fourth-order valence-corrected chi connectivity index (χ4v) is 6.57. The zero-order valence-corrected chi connectivity index (χ0v) is 32.0. The van der Waals surface area contributed by atoms with Crippen LogP contribution in [0.4, 0.5) is 10.5 Å². The quantitative estimate of drug-likeness (QED) is 0.141. The number of amides is 3. The Morgan fingerprint density at radius 2 is 1.89 bits per heavy atom. The number of nitrogens with one attached hydrogen (secondary N) is 3. The molecule has 0 spiro atoms. The lowest BCUT2D eigenvalue weighted by atomic mass is 10.0. The Labute approximate surface area is 320 Å². The largest absolute Gasteiger partial charge is 0.481 e. The van der Waals surface area contributed by atoms with Crippen molar-refractivity contribution < 1.29 is 28.6 Å². The number of benzene rings is 1. The zero-order chi connectivity index (χ0) is 38.4. The first-order valence-electron chi connectivity index (χ1n) is 18.0. The molecule has 14 heteroatoms. The maximum Gasteiger partial charge on any atom is 0.410 e. The summed E-state index contributed by atoms with van der Waals surface area (Å²) in [5.74, 6) is -0.0568. The number of ether oxygens (including phenoxy) is 3. The smallest absolute Gasteiger partial charge is 0.410 e. The van der Waals surface area contributed by atoms with Crippen LogP contribution in [0.3, 0.4) is 0 Å². The Bertz CT molecular complexity index is 2000. The normalized spacial score (nSPS) is 16.7. The Morgan fingerprint density at radius 1 is 1.07 bits per heavy atom. The molecular weight excluding hydrogens is 710 g/mol. The summed E-state index contributed by atoms with van der Waals surface area (Å²) in [4.78, 5) is 53.7. The number of methoxy groups -OCH3 is 1. The minimum atomic E-state index is -0.702. The summed E-state index contributed by atoms with van der Waals surface area (Å²) < 4.78 is 16.8. The highest BCUT2D eigenvalue weighted by Crippen LogP contribution is 2.38. The fourth-order valence-electron chi connectivity index (χ4n) is 6.26. The van der Waals surface area contributed by atoms with Gasteiger partial charge in [-0.25, -0.2) is 9.78 Å². The highest BCUT2D eigenvalue weighted by molar-refractivity contribution is 6.35. The SMILES string of the molecule is COc1nc(-c2ccnc(-c3cccc(NC(=O)c4ccc(CNCC5CCO5)cn4)c3C)c2Cl)ccc1CN(C[C@@H]1CCC(=O)N1)C(=O)OC(C)(C)C. The van der Waals surface area contributed by atoms with Crippen LogP contribution in [-0.2, 0) is 27.4 Å². The number of carbonyl (C=O) groups excluding carboxylic acids is 3. The van der Waals surface area contributed by atoms with Gasteiger partial charge in [-0.3, -0.25) is 19.6 Å². The van der Waals surface area contributed by atoms with Crippen molar-refractivity contribution in [2.75, 3.05) is 32.1 Å². The van der Waals surface area contributed by atoms with E-state index in [1.807, 2.05) is 64.1 Å². The lowest BCUT2D eigenvalue weighted by Gasteiger charge is -2.29. The van der Waals surface area contributed by atoms with Crippen LogP contribution in [0.1, 0.15) is 67.2 Å². The third-order valence-electron chi connectivity index (χ3n) is 9.23. The fraction of sp³-hybridized carbons (Fsp3) is 0.400. The number of nitrogens with zero attached hydrogens (tertiary/aromatic N) is 4. The average Bonchev–Trinajstić information content (AvgIpc) is 3.54.